The van der Waals surface area contributed by atoms with Crippen LogP contribution in [0.3, 0.4) is 0 Å². The second-order valence-corrected chi connectivity index (χ2v) is 5.69. The smallest absolute Gasteiger partial charge is 0.120 e. The summed E-state index contributed by atoms with van der Waals surface area (Å²) in [5, 5.41) is 13.6. The predicted molar refractivity (Wildman–Crippen MR) is 81.3 cm³/mol. The van der Waals surface area contributed by atoms with E-state index in [-0.39, 0.29) is 6.04 Å². The minimum Gasteiger partial charge on any atom is -0.508 e. The van der Waals surface area contributed by atoms with Crippen LogP contribution in [0, 0.1) is 0 Å². The predicted octanol–water partition coefficient (Wildman–Crippen LogP) is 2.54. The first-order valence-corrected chi connectivity index (χ1v) is 7.42. The van der Waals surface area contributed by atoms with Crippen molar-refractivity contribution in [3.8, 4) is 11.5 Å². The van der Waals surface area contributed by atoms with Crippen LogP contribution in [0.25, 0.3) is 0 Å². The Morgan fingerprint density at radius 3 is 2.90 bits per heavy atom. The zero-order valence-corrected chi connectivity index (χ0v) is 12.7. The third kappa shape index (κ3) is 3.64. The van der Waals surface area contributed by atoms with E-state index in [1.165, 1.54) is 19.3 Å². The van der Waals surface area contributed by atoms with Gasteiger partial charge >= 0.3 is 0 Å². The summed E-state index contributed by atoms with van der Waals surface area (Å²) < 4.78 is 5.25. The highest BCUT2D eigenvalue weighted by molar-refractivity contribution is 5.41. The van der Waals surface area contributed by atoms with Gasteiger partial charge in [-0.2, -0.15) is 0 Å². The molecule has 20 heavy (non-hydrogen) atoms. The minimum absolute atomic E-state index is 0.161. The zero-order valence-electron chi connectivity index (χ0n) is 12.7. The van der Waals surface area contributed by atoms with Crippen LogP contribution in [-0.4, -0.2) is 43.3 Å². The number of ether oxygens (including phenoxy) is 1. The molecule has 0 spiro atoms. The van der Waals surface area contributed by atoms with E-state index in [1.807, 2.05) is 6.07 Å². The average molecular weight is 278 g/mol. The van der Waals surface area contributed by atoms with Gasteiger partial charge in [-0.1, -0.05) is 6.42 Å². The molecule has 1 heterocycles. The maximum absolute atomic E-state index is 10.1. The third-order valence-corrected chi connectivity index (χ3v) is 4.27. The van der Waals surface area contributed by atoms with E-state index in [9.17, 15) is 5.11 Å². The van der Waals surface area contributed by atoms with Gasteiger partial charge in [-0.15, -0.1) is 0 Å². The van der Waals surface area contributed by atoms with Gasteiger partial charge in [-0.3, -0.25) is 4.90 Å². The molecule has 4 heteroatoms. The molecule has 1 aromatic rings. The molecule has 112 valence electrons. The van der Waals surface area contributed by atoms with Crippen molar-refractivity contribution in [2.45, 2.75) is 38.3 Å². The van der Waals surface area contributed by atoms with Gasteiger partial charge in [0.05, 0.1) is 7.11 Å². The highest BCUT2D eigenvalue weighted by atomic mass is 16.5. The van der Waals surface area contributed by atoms with E-state index in [2.05, 4.69) is 24.2 Å². The summed E-state index contributed by atoms with van der Waals surface area (Å²) in [4.78, 5) is 2.29. The van der Waals surface area contributed by atoms with Crippen LogP contribution >= 0.6 is 0 Å². The summed E-state index contributed by atoms with van der Waals surface area (Å²) in [6, 6.07) is 6.13. The fourth-order valence-electron chi connectivity index (χ4n) is 2.82. The maximum atomic E-state index is 10.1. The number of aromatic hydroxyl groups is 1. The Hall–Kier alpha value is -1.26. The lowest BCUT2D eigenvalue weighted by atomic mass is 10.0. The molecule has 0 aromatic heterocycles. The molecule has 2 N–H and O–H groups in total. The molecule has 0 aliphatic carbocycles. The van der Waals surface area contributed by atoms with Gasteiger partial charge in [0, 0.05) is 24.2 Å². The van der Waals surface area contributed by atoms with E-state index >= 15 is 0 Å². The van der Waals surface area contributed by atoms with Crippen LogP contribution in [0.4, 0.5) is 0 Å². The summed E-state index contributed by atoms with van der Waals surface area (Å²) in [6.07, 6.45) is 3.83. The molecule has 1 aliphatic rings. The number of nitrogens with zero attached hydrogens (tertiary/aromatic N) is 1. The van der Waals surface area contributed by atoms with Crippen molar-refractivity contribution in [2.24, 2.45) is 0 Å². The number of methoxy groups -OCH3 is 1. The second kappa shape index (κ2) is 6.95. The Labute approximate surface area is 121 Å². The number of benzene rings is 1. The number of nitrogens with one attached hydrogen (secondary N) is 1. The van der Waals surface area contributed by atoms with Crippen LogP contribution in [0.5, 0.6) is 11.5 Å². The average Bonchev–Trinajstić information content (AvgIpc) is 2.48. The first kappa shape index (κ1) is 15.1. The summed E-state index contributed by atoms with van der Waals surface area (Å²) in [5.41, 5.74) is 0.919. The molecule has 0 amide bonds. The molecule has 0 bridgehead atoms. The monoisotopic (exact) mass is 278 g/mol. The fourth-order valence-corrected chi connectivity index (χ4v) is 2.82. The molecule has 1 saturated heterocycles. The molecular formula is C16H26N2O2. The molecule has 2 rings (SSSR count). The summed E-state index contributed by atoms with van der Waals surface area (Å²) >= 11 is 0. The van der Waals surface area contributed by atoms with Gasteiger partial charge in [-0.05, 0) is 51.6 Å². The number of hydrogen-bond acceptors (Lipinski definition) is 4. The largest absolute Gasteiger partial charge is 0.508 e. The van der Waals surface area contributed by atoms with Gasteiger partial charge in [0.2, 0.25) is 0 Å². The number of phenols is 1. The molecule has 0 radical (unpaired) electrons. The first-order chi connectivity index (χ1) is 9.61. The first-order valence-electron chi connectivity index (χ1n) is 7.42. The second-order valence-electron chi connectivity index (χ2n) is 5.69. The van der Waals surface area contributed by atoms with Crippen LogP contribution in [0.15, 0.2) is 18.2 Å². The topological polar surface area (TPSA) is 44.7 Å². The molecule has 4 nitrogen and oxygen atoms in total. The molecule has 1 aromatic carbocycles. The van der Waals surface area contributed by atoms with Gasteiger partial charge in [-0.25, -0.2) is 0 Å². The molecular weight excluding hydrogens is 252 g/mol. The standard InChI is InChI=1S/C16H26N2O2/c1-12(15-10-14(20-3)7-8-16(15)19)18(2)11-13-6-4-5-9-17-13/h7-8,10,12-13,17,19H,4-6,9,11H2,1-3H3. The van der Waals surface area contributed by atoms with E-state index in [0.29, 0.717) is 11.8 Å². The number of phenolic OH excluding ortho intramolecular Hbond substituents is 1. The highest BCUT2D eigenvalue weighted by Gasteiger charge is 2.20. The van der Waals surface area contributed by atoms with Crippen molar-refractivity contribution in [3.05, 3.63) is 23.8 Å². The molecule has 2 unspecified atom stereocenters. The Morgan fingerprint density at radius 1 is 1.45 bits per heavy atom. The van der Waals surface area contributed by atoms with Crippen LogP contribution < -0.4 is 10.1 Å². The number of rotatable bonds is 5. The van der Waals surface area contributed by atoms with Crippen molar-refractivity contribution in [1.82, 2.24) is 10.2 Å². The molecule has 0 saturated carbocycles. The fraction of sp³-hybridized carbons (Fsp3) is 0.625. The highest BCUT2D eigenvalue weighted by Crippen LogP contribution is 2.31. The van der Waals surface area contributed by atoms with Gasteiger partial charge in [0.1, 0.15) is 11.5 Å². The summed E-state index contributed by atoms with van der Waals surface area (Å²) in [5.74, 6) is 1.12. The van der Waals surface area contributed by atoms with Gasteiger partial charge < -0.3 is 15.2 Å². The minimum atomic E-state index is 0.161. The summed E-state index contributed by atoms with van der Waals surface area (Å²) in [6.45, 7) is 4.24. The number of hydrogen-bond donors (Lipinski definition) is 2. The Balaban J connectivity index is 2.03. The van der Waals surface area contributed by atoms with Crippen molar-refractivity contribution >= 4 is 0 Å². The van der Waals surface area contributed by atoms with Crippen molar-refractivity contribution < 1.29 is 9.84 Å². The van der Waals surface area contributed by atoms with Crippen LogP contribution in [0.1, 0.15) is 37.8 Å². The zero-order chi connectivity index (χ0) is 14.5. The van der Waals surface area contributed by atoms with E-state index in [4.69, 9.17) is 4.74 Å². The van der Waals surface area contributed by atoms with E-state index in [1.54, 1.807) is 19.2 Å². The van der Waals surface area contributed by atoms with Gasteiger partial charge in [0.25, 0.3) is 0 Å². The Bertz CT molecular complexity index is 430. The van der Waals surface area contributed by atoms with Crippen molar-refractivity contribution in [1.29, 1.82) is 0 Å². The summed E-state index contributed by atoms with van der Waals surface area (Å²) in [7, 11) is 3.76. The number of likely N-dealkylation sites (N-methyl/N-ethyl adjacent to an activating group) is 1. The van der Waals surface area contributed by atoms with Crippen molar-refractivity contribution in [2.75, 3.05) is 27.2 Å². The Morgan fingerprint density at radius 2 is 2.25 bits per heavy atom. The third-order valence-electron chi connectivity index (χ3n) is 4.27. The molecule has 1 fully saturated rings. The lowest BCUT2D eigenvalue weighted by Crippen LogP contribution is -2.43. The van der Waals surface area contributed by atoms with Gasteiger partial charge in [0.15, 0.2) is 0 Å². The molecule has 2 atom stereocenters. The lowest BCUT2D eigenvalue weighted by molar-refractivity contribution is 0.211. The SMILES string of the molecule is COc1ccc(O)c(C(C)N(C)CC2CCCCN2)c1. The van der Waals surface area contributed by atoms with Crippen molar-refractivity contribution in [3.63, 3.8) is 0 Å². The maximum Gasteiger partial charge on any atom is 0.120 e. The lowest BCUT2D eigenvalue weighted by Gasteiger charge is -2.32. The van der Waals surface area contributed by atoms with Crippen LogP contribution in [0.2, 0.25) is 0 Å². The molecule has 1 aliphatic heterocycles. The van der Waals surface area contributed by atoms with E-state index < -0.39 is 0 Å². The normalized spacial score (nSPS) is 20.9. The van der Waals surface area contributed by atoms with Crippen LogP contribution in [-0.2, 0) is 0 Å². The van der Waals surface area contributed by atoms with E-state index in [0.717, 1.165) is 24.4 Å². The number of piperidine rings is 1. The quantitative estimate of drug-likeness (QED) is 0.869. The Kier molecular flexibility index (Phi) is 5.26.